The van der Waals surface area contributed by atoms with Crippen LogP contribution in [0.2, 0.25) is 0 Å². The molecule has 2 aromatic carbocycles. The van der Waals surface area contributed by atoms with Crippen molar-refractivity contribution in [2.24, 2.45) is 5.92 Å². The number of carboxylic acid groups (broad SMARTS) is 1. The Morgan fingerprint density at radius 1 is 1.29 bits per heavy atom. The van der Waals surface area contributed by atoms with E-state index in [2.05, 4.69) is 48.3 Å². The molecule has 1 aliphatic heterocycles. The lowest BCUT2D eigenvalue weighted by Crippen LogP contribution is -2.48. The van der Waals surface area contributed by atoms with Gasteiger partial charge in [0.05, 0.1) is 48.7 Å². The Kier molecular flexibility index (Phi) is 7.54. The molecule has 164 valence electrons. The van der Waals surface area contributed by atoms with Crippen molar-refractivity contribution in [2.75, 3.05) is 30.0 Å². The molecule has 1 aliphatic rings. The van der Waals surface area contributed by atoms with Crippen LogP contribution in [0, 0.1) is 17.2 Å². The van der Waals surface area contributed by atoms with Crippen LogP contribution in [-0.4, -0.2) is 36.9 Å². The highest BCUT2D eigenvalue weighted by Gasteiger charge is 2.28. The highest BCUT2D eigenvalue weighted by atomic mass is 16.5. The van der Waals surface area contributed by atoms with Crippen molar-refractivity contribution in [3.8, 4) is 6.07 Å². The summed E-state index contributed by atoms with van der Waals surface area (Å²) in [7, 11) is 0. The molecule has 0 radical (unpaired) electrons. The SMILES string of the molecule is CC[C@@H](CC(=O)O)c1ccc(N2CCOC[C@@H]2C(C)C)c(Nc2ccc(C#N)cc2)c1. The molecule has 2 aromatic rings. The van der Waals surface area contributed by atoms with Crippen LogP contribution in [0.4, 0.5) is 17.1 Å². The largest absolute Gasteiger partial charge is 0.481 e. The van der Waals surface area contributed by atoms with Crippen LogP contribution < -0.4 is 10.2 Å². The number of benzene rings is 2. The van der Waals surface area contributed by atoms with E-state index in [0.717, 1.165) is 35.6 Å². The Morgan fingerprint density at radius 3 is 2.65 bits per heavy atom. The van der Waals surface area contributed by atoms with Crippen molar-refractivity contribution in [1.29, 1.82) is 5.26 Å². The molecule has 0 spiro atoms. The maximum Gasteiger partial charge on any atom is 0.303 e. The Hall–Kier alpha value is -3.04. The number of aliphatic carboxylic acids is 1. The number of hydrogen-bond acceptors (Lipinski definition) is 5. The second kappa shape index (κ2) is 10.3. The first-order valence-electron chi connectivity index (χ1n) is 10.9. The number of nitriles is 1. The molecular weight excluding hydrogens is 390 g/mol. The third kappa shape index (κ3) is 5.56. The molecule has 1 heterocycles. The minimum Gasteiger partial charge on any atom is -0.481 e. The van der Waals surface area contributed by atoms with Gasteiger partial charge in [0.15, 0.2) is 0 Å². The van der Waals surface area contributed by atoms with Gasteiger partial charge in [-0.2, -0.15) is 5.26 Å². The van der Waals surface area contributed by atoms with Crippen molar-refractivity contribution < 1.29 is 14.6 Å². The number of anilines is 3. The summed E-state index contributed by atoms with van der Waals surface area (Å²) in [5.74, 6) is -0.401. The first-order chi connectivity index (χ1) is 14.9. The predicted octanol–water partition coefficient (Wildman–Crippen LogP) is 5.13. The number of carbonyl (C=O) groups is 1. The van der Waals surface area contributed by atoms with Crippen molar-refractivity contribution in [2.45, 2.75) is 45.6 Å². The Labute approximate surface area is 184 Å². The number of morpholine rings is 1. The van der Waals surface area contributed by atoms with Crippen LogP contribution in [0.25, 0.3) is 0 Å². The fourth-order valence-electron chi connectivity index (χ4n) is 4.12. The summed E-state index contributed by atoms with van der Waals surface area (Å²) in [6.07, 6.45) is 0.868. The summed E-state index contributed by atoms with van der Waals surface area (Å²) < 4.78 is 5.74. The van der Waals surface area contributed by atoms with Gasteiger partial charge in [0, 0.05) is 12.2 Å². The van der Waals surface area contributed by atoms with Crippen LogP contribution in [0.1, 0.15) is 50.7 Å². The predicted molar refractivity (Wildman–Crippen MR) is 123 cm³/mol. The van der Waals surface area contributed by atoms with Crippen LogP contribution >= 0.6 is 0 Å². The van der Waals surface area contributed by atoms with Crippen molar-refractivity contribution >= 4 is 23.0 Å². The fourth-order valence-corrected chi connectivity index (χ4v) is 4.12. The second-order valence-electron chi connectivity index (χ2n) is 8.37. The first kappa shape index (κ1) is 22.6. The van der Waals surface area contributed by atoms with E-state index < -0.39 is 5.97 Å². The van der Waals surface area contributed by atoms with E-state index in [1.807, 2.05) is 19.1 Å². The molecule has 1 saturated heterocycles. The van der Waals surface area contributed by atoms with Crippen LogP contribution in [0.15, 0.2) is 42.5 Å². The van der Waals surface area contributed by atoms with Crippen molar-refractivity contribution in [3.05, 3.63) is 53.6 Å². The topological polar surface area (TPSA) is 85.6 Å². The van der Waals surface area contributed by atoms with E-state index in [-0.39, 0.29) is 18.4 Å². The van der Waals surface area contributed by atoms with E-state index in [4.69, 9.17) is 10.00 Å². The zero-order valence-corrected chi connectivity index (χ0v) is 18.5. The standard InChI is InChI=1S/C25H31N3O3/c1-4-19(14-25(29)30)20-7-10-23(28-11-12-31-16-24(28)17(2)3)22(13-20)27-21-8-5-18(15-26)6-9-21/h5-10,13,17,19,24,27H,4,11-12,14,16H2,1-3H3,(H,29,30)/t19-,24+/m0/s1. The summed E-state index contributed by atoms with van der Waals surface area (Å²) in [5.41, 5.74) is 4.54. The smallest absolute Gasteiger partial charge is 0.303 e. The molecule has 0 saturated carbocycles. The fraction of sp³-hybridized carbons (Fsp3) is 0.440. The quantitative estimate of drug-likeness (QED) is 0.614. The van der Waals surface area contributed by atoms with Gasteiger partial charge in [0.2, 0.25) is 0 Å². The van der Waals surface area contributed by atoms with E-state index in [0.29, 0.717) is 24.7 Å². The molecule has 2 N–H and O–H groups in total. The molecule has 2 atom stereocenters. The molecule has 31 heavy (non-hydrogen) atoms. The molecule has 0 bridgehead atoms. The van der Waals surface area contributed by atoms with E-state index in [1.54, 1.807) is 12.1 Å². The average molecular weight is 422 g/mol. The van der Waals surface area contributed by atoms with E-state index in [9.17, 15) is 9.90 Å². The molecule has 1 fully saturated rings. The zero-order valence-electron chi connectivity index (χ0n) is 18.5. The van der Waals surface area contributed by atoms with Crippen molar-refractivity contribution in [1.82, 2.24) is 0 Å². The number of ether oxygens (including phenoxy) is 1. The monoisotopic (exact) mass is 421 g/mol. The van der Waals surface area contributed by atoms with Gasteiger partial charge in [-0.3, -0.25) is 4.79 Å². The zero-order chi connectivity index (χ0) is 22.4. The number of carboxylic acids is 1. The summed E-state index contributed by atoms with van der Waals surface area (Å²) in [4.78, 5) is 13.7. The summed E-state index contributed by atoms with van der Waals surface area (Å²) in [5, 5.41) is 21.9. The lowest BCUT2D eigenvalue weighted by Gasteiger charge is -2.40. The van der Waals surface area contributed by atoms with E-state index in [1.165, 1.54) is 0 Å². The van der Waals surface area contributed by atoms with Gasteiger partial charge in [-0.15, -0.1) is 0 Å². The molecule has 3 rings (SSSR count). The summed E-state index contributed by atoms with van der Waals surface area (Å²) >= 11 is 0. The molecule has 0 amide bonds. The minimum absolute atomic E-state index is 0.0429. The third-order valence-corrected chi connectivity index (χ3v) is 5.94. The number of hydrogen-bond donors (Lipinski definition) is 2. The van der Waals surface area contributed by atoms with Crippen LogP contribution in [0.3, 0.4) is 0 Å². The maximum atomic E-state index is 11.3. The van der Waals surface area contributed by atoms with Crippen molar-refractivity contribution in [3.63, 3.8) is 0 Å². The third-order valence-electron chi connectivity index (χ3n) is 5.94. The number of nitrogens with one attached hydrogen (secondary N) is 1. The van der Waals surface area contributed by atoms with Gasteiger partial charge in [0.1, 0.15) is 0 Å². The summed E-state index contributed by atoms with van der Waals surface area (Å²) in [6.45, 7) is 8.59. The highest BCUT2D eigenvalue weighted by Crippen LogP contribution is 2.36. The Bertz CT molecular complexity index is 934. The molecule has 0 aliphatic carbocycles. The average Bonchev–Trinajstić information content (AvgIpc) is 2.78. The Morgan fingerprint density at radius 2 is 2.03 bits per heavy atom. The van der Waals surface area contributed by atoms with Gasteiger partial charge in [-0.25, -0.2) is 0 Å². The first-order valence-corrected chi connectivity index (χ1v) is 10.9. The van der Waals surface area contributed by atoms with Gasteiger partial charge in [0.25, 0.3) is 0 Å². The number of nitrogens with zero attached hydrogens (tertiary/aromatic N) is 2. The van der Waals surface area contributed by atoms with Crippen LogP contribution in [0.5, 0.6) is 0 Å². The van der Waals surface area contributed by atoms with E-state index >= 15 is 0 Å². The second-order valence-corrected chi connectivity index (χ2v) is 8.37. The molecule has 0 unspecified atom stereocenters. The van der Waals surface area contributed by atoms with Gasteiger partial charge >= 0.3 is 5.97 Å². The lowest BCUT2D eigenvalue weighted by atomic mass is 9.92. The van der Waals surface area contributed by atoms with Gasteiger partial charge in [-0.1, -0.05) is 26.8 Å². The maximum absolute atomic E-state index is 11.3. The molecule has 6 nitrogen and oxygen atoms in total. The van der Waals surface area contributed by atoms with Gasteiger partial charge in [-0.05, 0) is 60.2 Å². The lowest BCUT2D eigenvalue weighted by molar-refractivity contribution is -0.137. The molecule has 6 heteroatoms. The van der Waals surface area contributed by atoms with Gasteiger partial charge < -0.3 is 20.1 Å². The minimum atomic E-state index is -0.787. The number of rotatable bonds is 8. The summed E-state index contributed by atoms with van der Waals surface area (Å²) in [6, 6.07) is 16.0. The van der Waals surface area contributed by atoms with Crippen LogP contribution in [-0.2, 0) is 9.53 Å². The highest BCUT2D eigenvalue weighted by molar-refractivity contribution is 5.77. The molecule has 0 aromatic heterocycles. The normalized spacial score (nSPS) is 17.3. The molecular formula is C25H31N3O3. The Balaban J connectivity index is 2.01.